The Labute approximate surface area is 135 Å². The summed E-state index contributed by atoms with van der Waals surface area (Å²) in [7, 11) is 0. The molecule has 1 aliphatic rings. The first-order chi connectivity index (χ1) is 11.2. The Kier molecular flexibility index (Phi) is 6.30. The summed E-state index contributed by atoms with van der Waals surface area (Å²) < 4.78 is 19.4. The van der Waals surface area contributed by atoms with Crippen molar-refractivity contribution in [3.05, 3.63) is 47.3 Å². The summed E-state index contributed by atoms with van der Waals surface area (Å²) in [5.41, 5.74) is 1.32. The number of halogens is 1. The molecule has 1 N–H and O–H groups in total. The van der Waals surface area contributed by atoms with Crippen LogP contribution in [-0.4, -0.2) is 18.6 Å². The lowest BCUT2D eigenvalue weighted by Gasteiger charge is -2.19. The molecule has 2 atom stereocenters. The maximum atomic E-state index is 13.8. The maximum absolute atomic E-state index is 13.8. The van der Waals surface area contributed by atoms with Crippen molar-refractivity contribution in [3.8, 4) is 6.07 Å². The molecule has 23 heavy (non-hydrogen) atoms. The van der Waals surface area contributed by atoms with E-state index < -0.39 is 11.9 Å². The zero-order chi connectivity index (χ0) is 16.7. The Morgan fingerprint density at radius 1 is 1.48 bits per heavy atom. The normalized spacial score (nSPS) is 16.3. The van der Waals surface area contributed by atoms with Crippen LogP contribution in [0.2, 0.25) is 0 Å². The van der Waals surface area contributed by atoms with Crippen molar-refractivity contribution in [2.45, 2.75) is 44.8 Å². The molecule has 0 aliphatic heterocycles. The molecule has 0 aromatic heterocycles. The molecule has 0 heterocycles. The lowest BCUT2D eigenvalue weighted by Crippen LogP contribution is -2.32. The number of benzene rings is 1. The fourth-order valence-electron chi connectivity index (χ4n) is 2.76. The molecule has 0 saturated carbocycles. The zero-order valence-electron chi connectivity index (χ0n) is 13.2. The number of hydrogen-bond acceptors (Lipinski definition) is 3. The van der Waals surface area contributed by atoms with Gasteiger partial charge in [0.1, 0.15) is 11.9 Å². The number of ether oxygens (including phenoxy) is 1. The van der Waals surface area contributed by atoms with Gasteiger partial charge in [0.15, 0.2) is 0 Å². The molecule has 1 aromatic rings. The molecule has 5 heteroatoms. The van der Waals surface area contributed by atoms with Crippen LogP contribution in [0.4, 0.5) is 4.39 Å². The van der Waals surface area contributed by atoms with E-state index in [1.807, 2.05) is 13.0 Å². The van der Waals surface area contributed by atoms with Crippen molar-refractivity contribution in [1.82, 2.24) is 5.32 Å². The highest BCUT2D eigenvalue weighted by Gasteiger charge is 2.23. The highest BCUT2D eigenvalue weighted by atomic mass is 19.1. The van der Waals surface area contributed by atoms with E-state index in [0.717, 1.165) is 24.8 Å². The number of carbonyl (C=O) groups excluding carboxylic acids is 1. The molecule has 0 spiro atoms. The van der Waals surface area contributed by atoms with Crippen LogP contribution in [0.15, 0.2) is 35.9 Å². The van der Waals surface area contributed by atoms with E-state index in [4.69, 9.17) is 4.74 Å². The number of nitrogens with one attached hydrogen (secondary N) is 1. The number of nitrogens with zero attached hydrogens (tertiary/aromatic N) is 1. The smallest absolute Gasteiger partial charge is 0.224 e. The molecule has 0 bridgehead atoms. The lowest BCUT2D eigenvalue weighted by molar-refractivity contribution is -0.123. The van der Waals surface area contributed by atoms with E-state index in [-0.39, 0.29) is 24.0 Å². The number of amides is 1. The fraction of sp³-hybridized carbons (Fsp3) is 0.444. The summed E-state index contributed by atoms with van der Waals surface area (Å²) in [6.07, 6.45) is 5.03. The summed E-state index contributed by atoms with van der Waals surface area (Å²) in [5, 5.41) is 11.8. The average molecular weight is 316 g/mol. The Morgan fingerprint density at radius 3 is 2.87 bits per heavy atom. The minimum absolute atomic E-state index is 0.145. The lowest BCUT2D eigenvalue weighted by atomic mass is 10.0. The van der Waals surface area contributed by atoms with Gasteiger partial charge in [-0.25, -0.2) is 4.39 Å². The van der Waals surface area contributed by atoms with Crippen LogP contribution >= 0.6 is 0 Å². The first-order valence-electron chi connectivity index (χ1n) is 7.89. The molecule has 4 nitrogen and oxygen atoms in total. The van der Waals surface area contributed by atoms with Crippen molar-refractivity contribution in [1.29, 1.82) is 5.26 Å². The number of carbonyl (C=O) groups is 1. The fourth-order valence-corrected chi connectivity index (χ4v) is 2.76. The van der Waals surface area contributed by atoms with Crippen LogP contribution in [-0.2, 0) is 9.53 Å². The Morgan fingerprint density at radius 2 is 2.26 bits per heavy atom. The molecule has 0 unspecified atom stereocenters. The summed E-state index contributed by atoms with van der Waals surface area (Å²) in [5.74, 6) is -0.815. The van der Waals surface area contributed by atoms with Crippen molar-refractivity contribution in [2.24, 2.45) is 0 Å². The van der Waals surface area contributed by atoms with E-state index in [1.54, 1.807) is 12.1 Å². The van der Waals surface area contributed by atoms with Gasteiger partial charge < -0.3 is 10.1 Å². The summed E-state index contributed by atoms with van der Waals surface area (Å²) in [4.78, 5) is 12.2. The van der Waals surface area contributed by atoms with Gasteiger partial charge in [-0.15, -0.1) is 0 Å². The third kappa shape index (κ3) is 4.64. The van der Waals surface area contributed by atoms with Crippen molar-refractivity contribution < 1.29 is 13.9 Å². The number of nitriles is 1. The molecular weight excluding hydrogens is 295 g/mol. The highest BCUT2D eigenvalue weighted by molar-refractivity contribution is 5.77. The van der Waals surface area contributed by atoms with Crippen LogP contribution in [0.5, 0.6) is 0 Å². The predicted octanol–water partition coefficient (Wildman–Crippen LogP) is 3.41. The number of hydrogen-bond donors (Lipinski definition) is 1. The molecule has 0 fully saturated rings. The van der Waals surface area contributed by atoms with Crippen LogP contribution in [0.1, 0.15) is 44.2 Å². The van der Waals surface area contributed by atoms with Gasteiger partial charge in [-0.2, -0.15) is 5.26 Å². The van der Waals surface area contributed by atoms with Gasteiger partial charge in [-0.05, 0) is 37.8 Å². The van der Waals surface area contributed by atoms with Crippen LogP contribution < -0.4 is 5.32 Å². The monoisotopic (exact) mass is 316 g/mol. The van der Waals surface area contributed by atoms with Crippen molar-refractivity contribution in [2.75, 3.05) is 6.61 Å². The van der Waals surface area contributed by atoms with Crippen LogP contribution in [0, 0.1) is 17.1 Å². The Bertz CT molecular complexity index is 622. The second-order valence-electron chi connectivity index (χ2n) is 5.47. The topological polar surface area (TPSA) is 62.1 Å². The predicted molar refractivity (Wildman–Crippen MR) is 84.9 cm³/mol. The first-order valence-corrected chi connectivity index (χ1v) is 7.89. The van der Waals surface area contributed by atoms with Gasteiger partial charge >= 0.3 is 0 Å². The SMILES string of the molecule is CCO[C@H](CC(=O)N[C@@H](C#N)c1ccccc1F)C1=CCCC1. The second kappa shape index (κ2) is 8.44. The third-order valence-corrected chi connectivity index (χ3v) is 3.88. The molecule has 122 valence electrons. The van der Waals surface area contributed by atoms with E-state index in [2.05, 4.69) is 11.4 Å². The van der Waals surface area contributed by atoms with Gasteiger partial charge in [0, 0.05) is 12.2 Å². The second-order valence-corrected chi connectivity index (χ2v) is 5.47. The van der Waals surface area contributed by atoms with Gasteiger partial charge in [0.25, 0.3) is 0 Å². The molecule has 2 rings (SSSR count). The number of allylic oxidation sites excluding steroid dienone is 1. The van der Waals surface area contributed by atoms with Crippen LogP contribution in [0.25, 0.3) is 0 Å². The van der Waals surface area contributed by atoms with Crippen LogP contribution in [0.3, 0.4) is 0 Å². The zero-order valence-corrected chi connectivity index (χ0v) is 13.2. The highest BCUT2D eigenvalue weighted by Crippen LogP contribution is 2.25. The number of rotatable bonds is 7. The van der Waals surface area contributed by atoms with Gasteiger partial charge in [-0.3, -0.25) is 4.79 Å². The van der Waals surface area contributed by atoms with E-state index in [0.29, 0.717) is 6.61 Å². The van der Waals surface area contributed by atoms with E-state index >= 15 is 0 Å². The summed E-state index contributed by atoms with van der Waals surface area (Å²) in [6.45, 7) is 2.40. The molecule has 0 radical (unpaired) electrons. The van der Waals surface area contributed by atoms with Crippen molar-refractivity contribution in [3.63, 3.8) is 0 Å². The standard InChI is InChI=1S/C18H21FN2O2/c1-2-23-17(13-7-3-4-8-13)11-18(22)21-16(12-20)14-9-5-6-10-15(14)19/h5-7,9-10,16-17H,2-4,8,11H2,1H3,(H,21,22)/t16-,17+/m0/s1. The quantitative estimate of drug-likeness (QED) is 0.784. The van der Waals surface area contributed by atoms with E-state index in [9.17, 15) is 14.4 Å². The molecule has 1 amide bonds. The first kappa shape index (κ1) is 17.2. The largest absolute Gasteiger partial charge is 0.374 e. The Hall–Kier alpha value is -2.19. The van der Waals surface area contributed by atoms with E-state index in [1.165, 1.54) is 12.1 Å². The van der Waals surface area contributed by atoms with Gasteiger partial charge in [0.05, 0.1) is 18.6 Å². The summed E-state index contributed by atoms with van der Waals surface area (Å²) >= 11 is 0. The maximum Gasteiger partial charge on any atom is 0.224 e. The summed E-state index contributed by atoms with van der Waals surface area (Å²) in [6, 6.07) is 6.91. The minimum atomic E-state index is -0.997. The molecular formula is C18H21FN2O2. The van der Waals surface area contributed by atoms with Gasteiger partial charge in [-0.1, -0.05) is 24.3 Å². The van der Waals surface area contributed by atoms with Crippen molar-refractivity contribution >= 4 is 5.91 Å². The Balaban J connectivity index is 2.02. The van der Waals surface area contributed by atoms with Gasteiger partial charge in [0.2, 0.25) is 5.91 Å². The molecule has 0 saturated heterocycles. The molecule has 1 aromatic carbocycles. The third-order valence-electron chi connectivity index (χ3n) is 3.88. The minimum Gasteiger partial charge on any atom is -0.374 e. The molecule has 1 aliphatic carbocycles. The average Bonchev–Trinajstić information content (AvgIpc) is 3.07.